The maximum Gasteiger partial charge on any atom is 0.221 e. The normalized spacial score (nSPS) is 8.23. The number of benzene rings is 1. The molecule has 0 heterocycles. The summed E-state index contributed by atoms with van der Waals surface area (Å²) < 4.78 is 0. The standard InChI is InChI=1S/C8H10N2O.C2H6.2H2/c1-6(11)10-8-4-2-7(9)3-5-8;1-2;;/h2-5H,9H2,1H3,(H,10,11);1-2H3;2*1H. The first-order chi connectivity index (χ1) is 6.18. The Hall–Kier alpha value is -1.51. The maximum absolute atomic E-state index is 10.6. The molecular formula is C10H20N2O. The molecule has 0 atom stereocenters. The minimum atomic E-state index is -0.0743. The minimum Gasteiger partial charge on any atom is -0.399 e. The molecule has 0 aliphatic heterocycles. The quantitative estimate of drug-likeness (QED) is 0.659. The summed E-state index contributed by atoms with van der Waals surface area (Å²) in [4.78, 5) is 10.6. The van der Waals surface area contributed by atoms with Crippen molar-refractivity contribution < 1.29 is 7.65 Å². The van der Waals surface area contributed by atoms with Gasteiger partial charge in [-0.15, -0.1) is 0 Å². The van der Waals surface area contributed by atoms with E-state index in [0.29, 0.717) is 5.69 Å². The first-order valence-corrected chi connectivity index (χ1v) is 4.31. The highest BCUT2D eigenvalue weighted by Gasteiger charge is 1.92. The second-order valence-corrected chi connectivity index (χ2v) is 2.30. The summed E-state index contributed by atoms with van der Waals surface area (Å²) in [5, 5.41) is 2.64. The monoisotopic (exact) mass is 184 g/mol. The van der Waals surface area contributed by atoms with E-state index >= 15 is 0 Å². The Balaban J connectivity index is -0.000000339. The molecule has 0 bridgehead atoms. The highest BCUT2D eigenvalue weighted by molar-refractivity contribution is 5.88. The Morgan fingerprint density at radius 1 is 1.31 bits per heavy atom. The van der Waals surface area contributed by atoms with Crippen LogP contribution in [-0.2, 0) is 4.79 Å². The van der Waals surface area contributed by atoms with Gasteiger partial charge in [0.2, 0.25) is 5.91 Å². The Kier molecular flexibility index (Phi) is 5.35. The van der Waals surface area contributed by atoms with E-state index < -0.39 is 0 Å². The lowest BCUT2D eigenvalue weighted by Gasteiger charge is -2.00. The lowest BCUT2D eigenvalue weighted by molar-refractivity contribution is -0.114. The Bertz CT molecular complexity index is 263. The van der Waals surface area contributed by atoms with Gasteiger partial charge in [0.05, 0.1) is 0 Å². The molecule has 1 aromatic carbocycles. The number of carbonyl (C=O) groups excluding carboxylic acids is 1. The van der Waals surface area contributed by atoms with Crippen LogP contribution in [0.5, 0.6) is 0 Å². The van der Waals surface area contributed by atoms with Crippen LogP contribution in [0.3, 0.4) is 0 Å². The van der Waals surface area contributed by atoms with E-state index in [1.165, 1.54) is 6.92 Å². The summed E-state index contributed by atoms with van der Waals surface area (Å²) in [6.45, 7) is 5.47. The van der Waals surface area contributed by atoms with E-state index in [2.05, 4.69) is 5.32 Å². The topological polar surface area (TPSA) is 55.1 Å². The largest absolute Gasteiger partial charge is 0.399 e. The van der Waals surface area contributed by atoms with Crippen LogP contribution >= 0.6 is 0 Å². The van der Waals surface area contributed by atoms with Gasteiger partial charge >= 0.3 is 0 Å². The average Bonchev–Trinajstić information content (AvgIpc) is 2.12. The molecule has 0 aliphatic carbocycles. The molecule has 76 valence electrons. The summed E-state index contributed by atoms with van der Waals surface area (Å²) in [7, 11) is 0. The molecule has 0 saturated carbocycles. The summed E-state index contributed by atoms with van der Waals surface area (Å²) in [5.74, 6) is -0.0743. The van der Waals surface area contributed by atoms with Crippen LogP contribution in [0.15, 0.2) is 24.3 Å². The van der Waals surface area contributed by atoms with Crippen LogP contribution in [0.1, 0.15) is 23.6 Å². The summed E-state index contributed by atoms with van der Waals surface area (Å²) in [5.41, 5.74) is 6.91. The molecule has 0 unspecified atom stereocenters. The van der Waals surface area contributed by atoms with Gasteiger partial charge in [-0.05, 0) is 24.3 Å². The third-order valence-electron chi connectivity index (χ3n) is 1.23. The Morgan fingerprint density at radius 3 is 2.15 bits per heavy atom. The van der Waals surface area contributed by atoms with Gasteiger partial charge in [0, 0.05) is 21.2 Å². The molecule has 0 spiro atoms. The van der Waals surface area contributed by atoms with Crippen LogP contribution in [0.25, 0.3) is 0 Å². The van der Waals surface area contributed by atoms with Crippen LogP contribution in [-0.4, -0.2) is 5.91 Å². The zero-order valence-corrected chi connectivity index (χ0v) is 8.29. The van der Waals surface area contributed by atoms with Gasteiger partial charge in [-0.1, -0.05) is 13.8 Å². The van der Waals surface area contributed by atoms with E-state index in [0.717, 1.165) is 5.69 Å². The Labute approximate surface area is 81.9 Å². The maximum atomic E-state index is 10.6. The van der Waals surface area contributed by atoms with Crippen molar-refractivity contribution in [1.29, 1.82) is 0 Å². The molecule has 0 aliphatic rings. The van der Waals surface area contributed by atoms with Gasteiger partial charge in [-0.25, -0.2) is 0 Å². The highest BCUT2D eigenvalue weighted by atomic mass is 16.1. The summed E-state index contributed by atoms with van der Waals surface area (Å²) >= 11 is 0. The summed E-state index contributed by atoms with van der Waals surface area (Å²) in [6, 6.07) is 7.00. The number of hydrogen-bond acceptors (Lipinski definition) is 2. The molecule has 3 heteroatoms. The third-order valence-corrected chi connectivity index (χ3v) is 1.23. The predicted molar refractivity (Wildman–Crippen MR) is 60.7 cm³/mol. The first-order valence-electron chi connectivity index (χ1n) is 4.31. The molecular weight excluding hydrogens is 164 g/mol. The average molecular weight is 184 g/mol. The minimum absolute atomic E-state index is 0. The lowest BCUT2D eigenvalue weighted by Crippen LogP contribution is -2.05. The van der Waals surface area contributed by atoms with E-state index in [4.69, 9.17) is 5.73 Å². The van der Waals surface area contributed by atoms with Crippen molar-refractivity contribution in [3.63, 3.8) is 0 Å². The number of rotatable bonds is 1. The highest BCUT2D eigenvalue weighted by Crippen LogP contribution is 2.09. The molecule has 1 rings (SSSR count). The fourth-order valence-corrected chi connectivity index (χ4v) is 0.770. The lowest BCUT2D eigenvalue weighted by atomic mass is 10.3. The van der Waals surface area contributed by atoms with Crippen LogP contribution in [0.4, 0.5) is 11.4 Å². The van der Waals surface area contributed by atoms with Gasteiger partial charge in [-0.2, -0.15) is 0 Å². The molecule has 3 nitrogen and oxygen atoms in total. The van der Waals surface area contributed by atoms with Gasteiger partial charge in [-0.3, -0.25) is 4.79 Å². The van der Waals surface area contributed by atoms with Gasteiger partial charge in [0.25, 0.3) is 0 Å². The van der Waals surface area contributed by atoms with Crippen LogP contribution in [0, 0.1) is 0 Å². The van der Waals surface area contributed by atoms with Crippen LogP contribution < -0.4 is 11.1 Å². The van der Waals surface area contributed by atoms with Crippen molar-refractivity contribution in [3.8, 4) is 0 Å². The van der Waals surface area contributed by atoms with Crippen molar-refractivity contribution in [1.82, 2.24) is 0 Å². The van der Waals surface area contributed by atoms with Gasteiger partial charge < -0.3 is 11.1 Å². The fourth-order valence-electron chi connectivity index (χ4n) is 0.770. The molecule has 3 N–H and O–H groups in total. The van der Waals surface area contributed by atoms with E-state index in [1.54, 1.807) is 24.3 Å². The number of amides is 1. The van der Waals surface area contributed by atoms with E-state index in [1.807, 2.05) is 13.8 Å². The predicted octanol–water partition coefficient (Wildman–Crippen LogP) is 2.75. The van der Waals surface area contributed by atoms with Crippen LogP contribution in [0.2, 0.25) is 0 Å². The fraction of sp³-hybridized carbons (Fsp3) is 0.300. The van der Waals surface area contributed by atoms with Crippen molar-refractivity contribution in [2.24, 2.45) is 0 Å². The van der Waals surface area contributed by atoms with Crippen molar-refractivity contribution >= 4 is 17.3 Å². The second kappa shape index (κ2) is 6.06. The zero-order chi connectivity index (χ0) is 10.3. The third kappa shape index (κ3) is 4.85. The first kappa shape index (κ1) is 11.5. The number of nitrogens with one attached hydrogen (secondary N) is 1. The van der Waals surface area contributed by atoms with Gasteiger partial charge in [0.1, 0.15) is 0 Å². The van der Waals surface area contributed by atoms with Crippen molar-refractivity contribution in [2.45, 2.75) is 20.8 Å². The number of nitrogen functional groups attached to an aromatic ring is 1. The summed E-state index contributed by atoms with van der Waals surface area (Å²) in [6.07, 6.45) is 0. The van der Waals surface area contributed by atoms with Crippen molar-refractivity contribution in [3.05, 3.63) is 24.3 Å². The zero-order valence-electron chi connectivity index (χ0n) is 8.29. The molecule has 0 radical (unpaired) electrons. The SMILES string of the molecule is CC.CC(=O)Nc1ccc(N)cc1.[HH].[HH]. The number of carbonyl (C=O) groups is 1. The molecule has 1 aromatic rings. The molecule has 1 amide bonds. The smallest absolute Gasteiger partial charge is 0.221 e. The Morgan fingerprint density at radius 2 is 1.77 bits per heavy atom. The van der Waals surface area contributed by atoms with Gasteiger partial charge in [0.15, 0.2) is 0 Å². The molecule has 0 saturated heterocycles. The number of hydrogen-bond donors (Lipinski definition) is 2. The second-order valence-electron chi connectivity index (χ2n) is 2.30. The van der Waals surface area contributed by atoms with Crippen molar-refractivity contribution in [2.75, 3.05) is 11.1 Å². The molecule has 0 aromatic heterocycles. The number of anilines is 2. The molecule has 0 fully saturated rings. The van der Waals surface area contributed by atoms with E-state index in [-0.39, 0.29) is 8.76 Å². The molecule has 13 heavy (non-hydrogen) atoms. The number of nitrogens with two attached hydrogens (primary N) is 1. The van der Waals surface area contributed by atoms with E-state index in [9.17, 15) is 4.79 Å².